The minimum Gasteiger partial charge on any atom is -0.327 e. The number of rotatable bonds is 1. The Morgan fingerprint density at radius 1 is 1.73 bits per heavy atom. The van der Waals surface area contributed by atoms with Crippen molar-refractivity contribution in [3.05, 3.63) is 0 Å². The van der Waals surface area contributed by atoms with E-state index in [1.807, 2.05) is 16.7 Å². The number of nitrogens with two attached hydrogens (primary N) is 1. The van der Waals surface area contributed by atoms with E-state index in [4.69, 9.17) is 5.73 Å². The molecule has 2 aliphatic rings. The summed E-state index contributed by atoms with van der Waals surface area (Å²) in [4.78, 5) is 13.2. The molecular weight excluding hydrogens is 160 g/mol. The van der Waals surface area contributed by atoms with Crippen molar-refractivity contribution in [2.75, 3.05) is 18.8 Å². The lowest BCUT2D eigenvalue weighted by Gasteiger charge is -2.28. The molecule has 2 saturated heterocycles. The Kier molecular flexibility index (Phi) is 1.61. The van der Waals surface area contributed by atoms with E-state index in [-0.39, 0.29) is 4.87 Å². The Balaban J connectivity index is 2.25. The Morgan fingerprint density at radius 3 is 3.18 bits per heavy atom. The van der Waals surface area contributed by atoms with Gasteiger partial charge in [0.2, 0.25) is 5.91 Å². The maximum absolute atomic E-state index is 11.3. The highest BCUT2D eigenvalue weighted by Gasteiger charge is 2.47. The van der Waals surface area contributed by atoms with Gasteiger partial charge in [0.25, 0.3) is 0 Å². The van der Waals surface area contributed by atoms with Crippen molar-refractivity contribution in [2.45, 2.75) is 17.7 Å². The summed E-state index contributed by atoms with van der Waals surface area (Å²) in [5, 5.41) is 0. The lowest BCUT2D eigenvalue weighted by molar-refractivity contribution is -0.128. The monoisotopic (exact) mass is 172 g/mol. The summed E-state index contributed by atoms with van der Waals surface area (Å²) in [7, 11) is 0. The number of nitrogens with zero attached hydrogens (tertiary/aromatic N) is 1. The largest absolute Gasteiger partial charge is 0.327 e. The maximum Gasteiger partial charge on any atom is 0.223 e. The molecular formula is C7H12N2OS. The van der Waals surface area contributed by atoms with Crippen LogP contribution in [0.25, 0.3) is 0 Å². The van der Waals surface area contributed by atoms with Gasteiger partial charge in [-0.05, 0) is 6.42 Å². The van der Waals surface area contributed by atoms with Crippen LogP contribution in [0.5, 0.6) is 0 Å². The molecule has 1 unspecified atom stereocenters. The topological polar surface area (TPSA) is 46.3 Å². The number of carbonyl (C=O) groups excluding carboxylic acids is 1. The van der Waals surface area contributed by atoms with Gasteiger partial charge in [-0.2, -0.15) is 0 Å². The first-order valence-electron chi connectivity index (χ1n) is 3.93. The predicted molar refractivity (Wildman–Crippen MR) is 45.2 cm³/mol. The average Bonchev–Trinajstić information content (AvgIpc) is 2.53. The Labute approximate surface area is 70.3 Å². The number of amides is 1. The molecule has 0 aromatic heterocycles. The SMILES string of the molecule is NCC12CCC(=O)N1CCS2. The molecule has 2 heterocycles. The second-order valence-electron chi connectivity index (χ2n) is 3.04. The second kappa shape index (κ2) is 2.38. The van der Waals surface area contributed by atoms with Crippen molar-refractivity contribution < 1.29 is 4.79 Å². The van der Waals surface area contributed by atoms with Gasteiger partial charge in [-0.3, -0.25) is 4.79 Å². The molecule has 0 bridgehead atoms. The lowest BCUT2D eigenvalue weighted by Crippen LogP contribution is -2.44. The molecule has 2 N–H and O–H groups in total. The Morgan fingerprint density at radius 2 is 2.55 bits per heavy atom. The van der Waals surface area contributed by atoms with Gasteiger partial charge in [-0.15, -0.1) is 11.8 Å². The molecule has 11 heavy (non-hydrogen) atoms. The second-order valence-corrected chi connectivity index (χ2v) is 4.50. The van der Waals surface area contributed by atoms with Crippen molar-refractivity contribution >= 4 is 17.7 Å². The van der Waals surface area contributed by atoms with Crippen LogP contribution in [-0.2, 0) is 4.79 Å². The van der Waals surface area contributed by atoms with Crippen LogP contribution in [0.15, 0.2) is 0 Å². The molecule has 0 aromatic carbocycles. The third-order valence-electron chi connectivity index (χ3n) is 2.53. The molecule has 0 saturated carbocycles. The van der Waals surface area contributed by atoms with E-state index in [0.29, 0.717) is 18.9 Å². The highest BCUT2D eigenvalue weighted by Crippen LogP contribution is 2.43. The number of hydrogen-bond acceptors (Lipinski definition) is 3. The molecule has 2 fully saturated rings. The van der Waals surface area contributed by atoms with Gasteiger partial charge in [-0.1, -0.05) is 0 Å². The van der Waals surface area contributed by atoms with E-state index < -0.39 is 0 Å². The van der Waals surface area contributed by atoms with Crippen molar-refractivity contribution in [1.29, 1.82) is 0 Å². The van der Waals surface area contributed by atoms with E-state index in [0.717, 1.165) is 18.7 Å². The minimum absolute atomic E-state index is 0.00289. The van der Waals surface area contributed by atoms with Crippen LogP contribution in [0.4, 0.5) is 0 Å². The predicted octanol–water partition coefficient (Wildman–Crippen LogP) is 0.0106. The standard InChI is InChI=1S/C7H12N2OS/c8-5-7-2-1-6(10)9(7)3-4-11-7/h1-5,8H2. The van der Waals surface area contributed by atoms with E-state index in [1.54, 1.807) is 0 Å². The molecule has 1 amide bonds. The van der Waals surface area contributed by atoms with Crippen molar-refractivity contribution in [3.63, 3.8) is 0 Å². The molecule has 4 heteroatoms. The van der Waals surface area contributed by atoms with Crippen LogP contribution in [-0.4, -0.2) is 34.5 Å². The zero-order valence-electron chi connectivity index (χ0n) is 6.38. The molecule has 1 atom stereocenters. The third kappa shape index (κ3) is 0.891. The summed E-state index contributed by atoms with van der Waals surface area (Å²) in [5.41, 5.74) is 5.66. The first-order chi connectivity index (χ1) is 5.28. The fourth-order valence-electron chi connectivity index (χ4n) is 1.88. The molecule has 3 nitrogen and oxygen atoms in total. The zero-order valence-corrected chi connectivity index (χ0v) is 7.19. The number of hydrogen-bond donors (Lipinski definition) is 1. The van der Waals surface area contributed by atoms with Crippen LogP contribution >= 0.6 is 11.8 Å². The van der Waals surface area contributed by atoms with Gasteiger partial charge in [0.05, 0.1) is 0 Å². The summed E-state index contributed by atoms with van der Waals surface area (Å²) in [6.07, 6.45) is 1.65. The highest BCUT2D eigenvalue weighted by molar-refractivity contribution is 8.00. The summed E-state index contributed by atoms with van der Waals surface area (Å²) in [5.74, 6) is 1.35. The molecule has 62 valence electrons. The van der Waals surface area contributed by atoms with Crippen molar-refractivity contribution in [3.8, 4) is 0 Å². The van der Waals surface area contributed by atoms with Gasteiger partial charge in [0.15, 0.2) is 0 Å². The van der Waals surface area contributed by atoms with Gasteiger partial charge < -0.3 is 10.6 Å². The van der Waals surface area contributed by atoms with E-state index in [2.05, 4.69) is 0 Å². The summed E-state index contributed by atoms with van der Waals surface area (Å²) in [6.45, 7) is 1.52. The van der Waals surface area contributed by atoms with Crippen LogP contribution in [0.2, 0.25) is 0 Å². The van der Waals surface area contributed by atoms with E-state index in [9.17, 15) is 4.79 Å². The van der Waals surface area contributed by atoms with Crippen LogP contribution in [0.1, 0.15) is 12.8 Å². The molecule has 0 spiro atoms. The number of fused-ring (bicyclic) bond motifs is 1. The fraction of sp³-hybridized carbons (Fsp3) is 0.857. The van der Waals surface area contributed by atoms with Crippen LogP contribution in [0, 0.1) is 0 Å². The first-order valence-corrected chi connectivity index (χ1v) is 4.91. The van der Waals surface area contributed by atoms with Crippen molar-refractivity contribution in [1.82, 2.24) is 4.90 Å². The van der Waals surface area contributed by atoms with Crippen LogP contribution < -0.4 is 5.73 Å². The molecule has 0 radical (unpaired) electrons. The summed E-state index contributed by atoms with van der Waals surface area (Å²) in [6, 6.07) is 0. The molecule has 0 aromatic rings. The first kappa shape index (κ1) is 7.43. The zero-order chi connectivity index (χ0) is 7.90. The molecule has 2 rings (SSSR count). The third-order valence-corrected chi connectivity index (χ3v) is 4.04. The quantitative estimate of drug-likeness (QED) is 0.606. The summed E-state index contributed by atoms with van der Waals surface area (Å²) < 4.78 is 0. The smallest absolute Gasteiger partial charge is 0.223 e. The Hall–Kier alpha value is -0.220. The van der Waals surface area contributed by atoms with Gasteiger partial charge in [0, 0.05) is 25.3 Å². The molecule has 0 aliphatic carbocycles. The normalized spacial score (nSPS) is 36.5. The number of thioether (sulfide) groups is 1. The van der Waals surface area contributed by atoms with E-state index >= 15 is 0 Å². The highest BCUT2D eigenvalue weighted by atomic mass is 32.2. The minimum atomic E-state index is -0.00289. The fourth-order valence-corrected chi connectivity index (χ4v) is 3.24. The van der Waals surface area contributed by atoms with E-state index in [1.165, 1.54) is 0 Å². The lowest BCUT2D eigenvalue weighted by atomic mass is 10.2. The molecule has 2 aliphatic heterocycles. The summed E-state index contributed by atoms with van der Waals surface area (Å²) >= 11 is 1.84. The number of carbonyl (C=O) groups is 1. The van der Waals surface area contributed by atoms with Crippen LogP contribution in [0.3, 0.4) is 0 Å². The maximum atomic E-state index is 11.3. The van der Waals surface area contributed by atoms with Gasteiger partial charge >= 0.3 is 0 Å². The van der Waals surface area contributed by atoms with Crippen molar-refractivity contribution in [2.24, 2.45) is 5.73 Å². The van der Waals surface area contributed by atoms with Gasteiger partial charge in [0.1, 0.15) is 4.87 Å². The van der Waals surface area contributed by atoms with Gasteiger partial charge in [-0.25, -0.2) is 0 Å². The average molecular weight is 172 g/mol. The Bertz CT molecular complexity index is 197.